The number of aromatic nitrogens is 1. The number of benzene rings is 2. The van der Waals surface area contributed by atoms with Gasteiger partial charge in [-0.2, -0.15) is 13.2 Å². The van der Waals surface area contributed by atoms with E-state index in [9.17, 15) is 23.1 Å². The minimum absolute atomic E-state index is 0.0772. The highest BCUT2D eigenvalue weighted by atomic mass is 32.1. The molecule has 0 amide bonds. The molecule has 0 aliphatic carbocycles. The Balaban J connectivity index is 2.00. The van der Waals surface area contributed by atoms with Crippen LogP contribution in [0.25, 0.3) is 22.2 Å². The number of aromatic carboxylic acids is 1. The van der Waals surface area contributed by atoms with E-state index in [0.29, 0.717) is 27.0 Å². The second-order valence-corrected chi connectivity index (χ2v) is 7.71. The first-order valence-corrected chi connectivity index (χ1v) is 9.76. The van der Waals surface area contributed by atoms with Crippen LogP contribution in [-0.2, 0) is 0 Å². The highest BCUT2D eigenvalue weighted by Crippen LogP contribution is 2.45. The molecular formula is C22H16F3NO2S. The van der Waals surface area contributed by atoms with Crippen molar-refractivity contribution >= 4 is 28.2 Å². The van der Waals surface area contributed by atoms with E-state index in [1.807, 2.05) is 30.3 Å². The first kappa shape index (κ1) is 19.3. The summed E-state index contributed by atoms with van der Waals surface area (Å²) in [5.41, 5.74) is 2.43. The summed E-state index contributed by atoms with van der Waals surface area (Å²) < 4.78 is 40.5. The largest absolute Gasteiger partial charge is 0.478 e. The normalized spacial score (nSPS) is 12.9. The third-order valence-corrected chi connectivity index (χ3v) is 5.80. The van der Waals surface area contributed by atoms with Crippen molar-refractivity contribution in [3.63, 3.8) is 0 Å². The molecule has 0 aliphatic heterocycles. The number of hydrogen-bond donors (Lipinski definition) is 2. The van der Waals surface area contributed by atoms with Gasteiger partial charge in [0.15, 0.2) is 0 Å². The minimum Gasteiger partial charge on any atom is -0.478 e. The molecule has 0 aliphatic rings. The first-order valence-electron chi connectivity index (χ1n) is 8.88. The minimum atomic E-state index is -4.35. The first-order chi connectivity index (χ1) is 13.8. The van der Waals surface area contributed by atoms with E-state index in [2.05, 4.69) is 4.98 Å². The van der Waals surface area contributed by atoms with E-state index >= 15 is 0 Å². The predicted octanol–water partition coefficient (Wildman–Crippen LogP) is 6.68. The zero-order valence-corrected chi connectivity index (χ0v) is 15.8. The van der Waals surface area contributed by atoms with E-state index in [0.717, 1.165) is 5.56 Å². The summed E-state index contributed by atoms with van der Waals surface area (Å²) in [5.74, 6) is -1.98. The lowest BCUT2D eigenvalue weighted by Gasteiger charge is -2.19. The van der Waals surface area contributed by atoms with Crippen molar-refractivity contribution in [3.05, 3.63) is 82.0 Å². The SMILES string of the molecule is O=C(O)c1ccc2c(C(CC(F)(F)F)c3cccs3)c(-c3ccccc3)[nH]c2c1. The molecule has 7 heteroatoms. The molecule has 0 saturated heterocycles. The van der Waals surface area contributed by atoms with Crippen LogP contribution in [0.15, 0.2) is 66.0 Å². The Morgan fingerprint density at radius 2 is 1.83 bits per heavy atom. The van der Waals surface area contributed by atoms with E-state index in [4.69, 9.17) is 0 Å². The number of fused-ring (bicyclic) bond motifs is 1. The summed E-state index contributed by atoms with van der Waals surface area (Å²) in [6.07, 6.45) is -5.35. The fourth-order valence-electron chi connectivity index (χ4n) is 3.61. The number of thiophene rings is 1. The van der Waals surface area contributed by atoms with Crippen LogP contribution in [0.4, 0.5) is 13.2 Å². The van der Waals surface area contributed by atoms with Gasteiger partial charge in [0.05, 0.1) is 17.7 Å². The summed E-state index contributed by atoms with van der Waals surface area (Å²) in [6, 6.07) is 17.0. The molecule has 0 bridgehead atoms. The Labute approximate surface area is 168 Å². The number of halogens is 3. The molecule has 29 heavy (non-hydrogen) atoms. The van der Waals surface area contributed by atoms with Crippen LogP contribution in [0.5, 0.6) is 0 Å². The van der Waals surface area contributed by atoms with Crippen molar-refractivity contribution in [2.24, 2.45) is 0 Å². The number of H-pyrrole nitrogens is 1. The summed E-state index contributed by atoms with van der Waals surface area (Å²) >= 11 is 1.28. The van der Waals surface area contributed by atoms with Gasteiger partial charge in [-0.15, -0.1) is 11.3 Å². The lowest BCUT2D eigenvalue weighted by Crippen LogP contribution is -2.14. The summed E-state index contributed by atoms with van der Waals surface area (Å²) in [4.78, 5) is 15.1. The molecule has 0 spiro atoms. The molecule has 2 heterocycles. The standard InChI is InChI=1S/C22H16F3NO2S/c23-22(24,25)12-16(18-7-4-10-29-18)19-15-9-8-14(21(27)28)11-17(15)26-20(19)13-5-2-1-3-6-13/h1-11,16,26H,12H2,(H,27,28). The van der Waals surface area contributed by atoms with Gasteiger partial charge in [0, 0.05) is 21.7 Å². The number of carboxylic acids is 1. The number of hydrogen-bond acceptors (Lipinski definition) is 2. The van der Waals surface area contributed by atoms with Crippen LogP contribution in [-0.4, -0.2) is 22.2 Å². The van der Waals surface area contributed by atoms with E-state index in [-0.39, 0.29) is 5.56 Å². The molecule has 3 nitrogen and oxygen atoms in total. The van der Waals surface area contributed by atoms with Crippen molar-refractivity contribution < 1.29 is 23.1 Å². The maximum atomic E-state index is 13.5. The number of carbonyl (C=O) groups is 1. The third kappa shape index (κ3) is 3.91. The number of aromatic amines is 1. The molecule has 0 radical (unpaired) electrons. The van der Waals surface area contributed by atoms with Gasteiger partial charge < -0.3 is 10.1 Å². The predicted molar refractivity (Wildman–Crippen MR) is 108 cm³/mol. The van der Waals surface area contributed by atoms with Gasteiger partial charge >= 0.3 is 12.1 Å². The highest BCUT2D eigenvalue weighted by Gasteiger charge is 2.36. The maximum Gasteiger partial charge on any atom is 0.390 e. The Kier molecular flexibility index (Phi) is 4.92. The van der Waals surface area contributed by atoms with Gasteiger partial charge in [-0.1, -0.05) is 42.5 Å². The number of nitrogens with one attached hydrogen (secondary N) is 1. The quantitative estimate of drug-likeness (QED) is 0.382. The van der Waals surface area contributed by atoms with Crippen molar-refractivity contribution in [1.29, 1.82) is 0 Å². The van der Waals surface area contributed by atoms with Crippen LogP contribution >= 0.6 is 11.3 Å². The lowest BCUT2D eigenvalue weighted by atomic mass is 9.89. The van der Waals surface area contributed by atoms with Gasteiger partial charge in [-0.25, -0.2) is 4.79 Å². The van der Waals surface area contributed by atoms with Crippen LogP contribution < -0.4 is 0 Å². The molecule has 2 aromatic carbocycles. The molecule has 0 fully saturated rings. The zero-order valence-electron chi connectivity index (χ0n) is 15.0. The molecule has 4 rings (SSSR count). The van der Waals surface area contributed by atoms with Gasteiger partial charge in [-0.05, 0) is 34.7 Å². The van der Waals surface area contributed by atoms with Crippen molar-refractivity contribution in [2.45, 2.75) is 18.5 Å². The molecule has 2 N–H and O–H groups in total. The fraction of sp³-hybridized carbons (Fsp3) is 0.136. The zero-order chi connectivity index (χ0) is 20.6. The van der Waals surface area contributed by atoms with Gasteiger partial charge in [-0.3, -0.25) is 0 Å². The lowest BCUT2D eigenvalue weighted by molar-refractivity contribution is -0.136. The van der Waals surface area contributed by atoms with E-state index < -0.39 is 24.5 Å². The van der Waals surface area contributed by atoms with Gasteiger partial charge in [0.1, 0.15) is 0 Å². The van der Waals surface area contributed by atoms with Crippen LogP contribution in [0.3, 0.4) is 0 Å². The average molecular weight is 415 g/mol. The van der Waals surface area contributed by atoms with Crippen molar-refractivity contribution in [1.82, 2.24) is 4.98 Å². The van der Waals surface area contributed by atoms with Gasteiger partial charge in [0.2, 0.25) is 0 Å². The average Bonchev–Trinajstić information content (AvgIpc) is 3.33. The topological polar surface area (TPSA) is 53.1 Å². The Morgan fingerprint density at radius 3 is 2.45 bits per heavy atom. The summed E-state index contributed by atoms with van der Waals surface area (Å²) in [6.45, 7) is 0. The van der Waals surface area contributed by atoms with Gasteiger partial charge in [0.25, 0.3) is 0 Å². The van der Waals surface area contributed by atoms with Crippen molar-refractivity contribution in [3.8, 4) is 11.3 Å². The van der Waals surface area contributed by atoms with E-state index in [1.165, 1.54) is 23.5 Å². The summed E-state index contributed by atoms with van der Waals surface area (Å²) in [5, 5.41) is 11.6. The molecule has 2 aromatic heterocycles. The molecule has 4 aromatic rings. The fourth-order valence-corrected chi connectivity index (χ4v) is 4.45. The second-order valence-electron chi connectivity index (χ2n) is 6.73. The second kappa shape index (κ2) is 7.40. The van der Waals surface area contributed by atoms with Crippen molar-refractivity contribution in [2.75, 3.05) is 0 Å². The molecule has 148 valence electrons. The highest BCUT2D eigenvalue weighted by molar-refractivity contribution is 7.10. The number of rotatable bonds is 5. The Hall–Kier alpha value is -3.06. The van der Waals surface area contributed by atoms with Crippen LogP contribution in [0.1, 0.15) is 33.1 Å². The molecule has 1 unspecified atom stereocenters. The van der Waals surface area contributed by atoms with E-state index in [1.54, 1.807) is 23.6 Å². The number of alkyl halides is 3. The third-order valence-electron chi connectivity index (χ3n) is 4.82. The maximum absolute atomic E-state index is 13.5. The smallest absolute Gasteiger partial charge is 0.390 e. The van der Waals surface area contributed by atoms with Crippen LogP contribution in [0.2, 0.25) is 0 Å². The monoisotopic (exact) mass is 415 g/mol. The molecule has 0 saturated carbocycles. The summed E-state index contributed by atoms with van der Waals surface area (Å²) in [7, 11) is 0. The number of carboxylic acid groups (broad SMARTS) is 1. The molecular weight excluding hydrogens is 399 g/mol. The Morgan fingerprint density at radius 1 is 1.07 bits per heavy atom. The molecule has 1 atom stereocenters. The Bertz CT molecular complexity index is 1150. The van der Waals surface area contributed by atoms with Crippen LogP contribution in [0, 0.1) is 0 Å².